The molecule has 1 heterocycles. The van der Waals surface area contributed by atoms with Crippen LogP contribution >= 0.6 is 0 Å². The maximum absolute atomic E-state index is 12.3. The van der Waals surface area contributed by atoms with Crippen LogP contribution in [-0.2, 0) is 16.0 Å². The first-order chi connectivity index (χ1) is 14.0. The molecule has 29 heavy (non-hydrogen) atoms. The van der Waals surface area contributed by atoms with Crippen LogP contribution in [0.3, 0.4) is 0 Å². The standard InChI is InChI=1S/C23H27N3O3/c1-3-17-6-8-18(9-7-17)16(2)25-21(27)15-24-23(29)19-10-12-20(13-11-19)26-14-4-5-22(26)28/h6-13,16H,3-5,14-15H2,1-2H3,(H,24,29)(H,25,27)/t16-/m0/s1. The van der Waals surface area contributed by atoms with E-state index in [2.05, 4.69) is 29.7 Å². The molecule has 1 saturated heterocycles. The molecule has 0 saturated carbocycles. The van der Waals surface area contributed by atoms with E-state index in [-0.39, 0.29) is 30.3 Å². The highest BCUT2D eigenvalue weighted by Gasteiger charge is 2.21. The molecule has 0 spiro atoms. The largest absolute Gasteiger partial charge is 0.348 e. The number of carbonyl (C=O) groups excluding carboxylic acids is 3. The van der Waals surface area contributed by atoms with Crippen LogP contribution in [0, 0.1) is 0 Å². The van der Waals surface area contributed by atoms with Crippen molar-refractivity contribution in [2.45, 2.75) is 39.2 Å². The van der Waals surface area contributed by atoms with Gasteiger partial charge in [0.25, 0.3) is 5.91 Å². The Balaban J connectivity index is 1.49. The summed E-state index contributed by atoms with van der Waals surface area (Å²) in [7, 11) is 0. The van der Waals surface area contributed by atoms with E-state index < -0.39 is 0 Å². The number of nitrogens with one attached hydrogen (secondary N) is 2. The lowest BCUT2D eigenvalue weighted by molar-refractivity contribution is -0.120. The van der Waals surface area contributed by atoms with Gasteiger partial charge in [-0.15, -0.1) is 0 Å². The second-order valence-electron chi connectivity index (χ2n) is 7.26. The summed E-state index contributed by atoms with van der Waals surface area (Å²) in [6, 6.07) is 14.9. The molecular formula is C23H27N3O3. The Kier molecular flexibility index (Phi) is 6.65. The second-order valence-corrected chi connectivity index (χ2v) is 7.26. The summed E-state index contributed by atoms with van der Waals surface area (Å²) in [6.45, 7) is 4.63. The molecule has 6 nitrogen and oxygen atoms in total. The highest BCUT2D eigenvalue weighted by molar-refractivity contribution is 5.98. The number of hydrogen-bond donors (Lipinski definition) is 2. The van der Waals surface area contributed by atoms with Crippen LogP contribution in [0.15, 0.2) is 48.5 Å². The predicted octanol–water partition coefficient (Wildman–Crippen LogP) is 2.98. The molecule has 2 aromatic carbocycles. The zero-order valence-corrected chi connectivity index (χ0v) is 16.9. The molecule has 0 radical (unpaired) electrons. The molecule has 3 rings (SSSR count). The van der Waals surface area contributed by atoms with Crippen LogP contribution in [0.5, 0.6) is 0 Å². The number of benzene rings is 2. The van der Waals surface area contributed by atoms with E-state index in [0.717, 1.165) is 24.1 Å². The van der Waals surface area contributed by atoms with Crippen molar-refractivity contribution in [3.8, 4) is 0 Å². The van der Waals surface area contributed by atoms with Gasteiger partial charge in [-0.05, 0) is 55.2 Å². The average Bonchev–Trinajstić information content (AvgIpc) is 3.18. The van der Waals surface area contributed by atoms with Gasteiger partial charge in [0.05, 0.1) is 12.6 Å². The van der Waals surface area contributed by atoms with Gasteiger partial charge < -0.3 is 15.5 Å². The van der Waals surface area contributed by atoms with Crippen LogP contribution in [0.25, 0.3) is 0 Å². The number of carbonyl (C=O) groups is 3. The Morgan fingerprint density at radius 1 is 1.07 bits per heavy atom. The molecule has 0 unspecified atom stereocenters. The van der Waals surface area contributed by atoms with Crippen molar-refractivity contribution in [3.63, 3.8) is 0 Å². The minimum Gasteiger partial charge on any atom is -0.348 e. The number of rotatable bonds is 7. The quantitative estimate of drug-likeness (QED) is 0.759. The summed E-state index contributed by atoms with van der Waals surface area (Å²) in [4.78, 5) is 38.0. The Hall–Kier alpha value is -3.15. The minimum atomic E-state index is -0.320. The molecule has 3 amide bonds. The van der Waals surface area contributed by atoms with E-state index in [0.29, 0.717) is 18.5 Å². The second kappa shape index (κ2) is 9.37. The molecule has 0 aromatic heterocycles. The maximum atomic E-state index is 12.3. The Morgan fingerprint density at radius 2 is 1.76 bits per heavy atom. The van der Waals surface area contributed by atoms with E-state index in [9.17, 15) is 14.4 Å². The molecule has 6 heteroatoms. The predicted molar refractivity (Wildman–Crippen MR) is 113 cm³/mol. The van der Waals surface area contributed by atoms with Crippen molar-refractivity contribution in [2.24, 2.45) is 0 Å². The molecule has 1 aliphatic rings. The van der Waals surface area contributed by atoms with E-state index in [1.54, 1.807) is 29.2 Å². The maximum Gasteiger partial charge on any atom is 0.251 e. The highest BCUT2D eigenvalue weighted by atomic mass is 16.2. The van der Waals surface area contributed by atoms with E-state index in [1.165, 1.54) is 5.56 Å². The van der Waals surface area contributed by atoms with Crippen LogP contribution in [-0.4, -0.2) is 30.8 Å². The first kappa shape index (κ1) is 20.6. The van der Waals surface area contributed by atoms with E-state index >= 15 is 0 Å². The molecule has 2 N–H and O–H groups in total. The van der Waals surface area contributed by atoms with Gasteiger partial charge in [-0.2, -0.15) is 0 Å². The molecule has 0 aliphatic carbocycles. The van der Waals surface area contributed by atoms with Crippen LogP contribution in [0.1, 0.15) is 54.2 Å². The summed E-state index contributed by atoms with van der Waals surface area (Å²) >= 11 is 0. The van der Waals surface area contributed by atoms with E-state index in [4.69, 9.17) is 0 Å². The third kappa shape index (κ3) is 5.22. The van der Waals surface area contributed by atoms with Crippen molar-refractivity contribution >= 4 is 23.4 Å². The minimum absolute atomic E-state index is 0.0947. The summed E-state index contributed by atoms with van der Waals surface area (Å²) in [5.41, 5.74) is 3.52. The van der Waals surface area contributed by atoms with Crippen LogP contribution < -0.4 is 15.5 Å². The molecule has 1 atom stereocenters. The van der Waals surface area contributed by atoms with Gasteiger partial charge in [0.1, 0.15) is 0 Å². The third-order valence-corrected chi connectivity index (χ3v) is 5.19. The fourth-order valence-corrected chi connectivity index (χ4v) is 3.39. The van der Waals surface area contributed by atoms with Crippen LogP contribution in [0.4, 0.5) is 5.69 Å². The van der Waals surface area contributed by atoms with Gasteiger partial charge in [0.2, 0.25) is 11.8 Å². The molecule has 1 aliphatic heterocycles. The number of nitrogens with zero attached hydrogens (tertiary/aromatic N) is 1. The summed E-state index contributed by atoms with van der Waals surface area (Å²) in [6.07, 6.45) is 2.40. The summed E-state index contributed by atoms with van der Waals surface area (Å²) in [5, 5.41) is 5.53. The number of aryl methyl sites for hydroxylation is 1. The van der Waals surface area contributed by atoms with Crippen molar-refractivity contribution < 1.29 is 14.4 Å². The van der Waals surface area contributed by atoms with Gasteiger partial charge >= 0.3 is 0 Å². The fourth-order valence-electron chi connectivity index (χ4n) is 3.39. The van der Waals surface area contributed by atoms with Gasteiger partial charge in [-0.25, -0.2) is 0 Å². The lowest BCUT2D eigenvalue weighted by atomic mass is 10.1. The lowest BCUT2D eigenvalue weighted by Crippen LogP contribution is -2.38. The SMILES string of the molecule is CCc1ccc([C@H](C)NC(=O)CNC(=O)c2ccc(N3CCCC3=O)cc2)cc1. The van der Waals surface area contributed by atoms with Crippen molar-refractivity contribution in [3.05, 3.63) is 65.2 Å². The fraction of sp³-hybridized carbons (Fsp3) is 0.348. The number of hydrogen-bond acceptors (Lipinski definition) is 3. The number of amides is 3. The summed E-state index contributed by atoms with van der Waals surface area (Å²) in [5.74, 6) is -0.457. The first-order valence-electron chi connectivity index (χ1n) is 10.0. The molecule has 2 aromatic rings. The summed E-state index contributed by atoms with van der Waals surface area (Å²) < 4.78 is 0. The average molecular weight is 393 g/mol. The number of anilines is 1. The first-order valence-corrected chi connectivity index (χ1v) is 10.0. The van der Waals surface area contributed by atoms with Gasteiger partial charge in [0, 0.05) is 24.2 Å². The van der Waals surface area contributed by atoms with Crippen molar-refractivity contribution in [2.75, 3.05) is 18.0 Å². The molecule has 0 bridgehead atoms. The zero-order valence-electron chi connectivity index (χ0n) is 16.9. The van der Waals surface area contributed by atoms with E-state index in [1.807, 2.05) is 19.1 Å². The topological polar surface area (TPSA) is 78.5 Å². The Morgan fingerprint density at radius 3 is 2.34 bits per heavy atom. The Labute approximate surface area is 171 Å². The Bertz CT molecular complexity index is 875. The van der Waals surface area contributed by atoms with Gasteiger partial charge in [0.15, 0.2) is 0 Å². The van der Waals surface area contributed by atoms with Gasteiger partial charge in [-0.1, -0.05) is 31.2 Å². The normalized spacial score (nSPS) is 14.6. The highest BCUT2D eigenvalue weighted by Crippen LogP contribution is 2.21. The lowest BCUT2D eigenvalue weighted by Gasteiger charge is -2.16. The smallest absolute Gasteiger partial charge is 0.251 e. The monoisotopic (exact) mass is 393 g/mol. The molecule has 152 valence electrons. The van der Waals surface area contributed by atoms with Crippen LogP contribution in [0.2, 0.25) is 0 Å². The zero-order chi connectivity index (χ0) is 20.8. The molecule has 1 fully saturated rings. The van der Waals surface area contributed by atoms with Gasteiger partial charge in [-0.3, -0.25) is 14.4 Å². The molecular weight excluding hydrogens is 366 g/mol. The van der Waals surface area contributed by atoms with Crippen molar-refractivity contribution in [1.82, 2.24) is 10.6 Å². The third-order valence-electron chi connectivity index (χ3n) is 5.19. The van der Waals surface area contributed by atoms with Crippen molar-refractivity contribution in [1.29, 1.82) is 0 Å².